The van der Waals surface area contributed by atoms with Crippen LogP contribution in [0.1, 0.15) is 37.4 Å². The number of hydrogen-bond donors (Lipinski definition) is 0. The molecule has 3 aromatic carbocycles. The third kappa shape index (κ3) is 3.74. The molecule has 1 aliphatic heterocycles. The molecule has 0 unspecified atom stereocenters. The summed E-state index contributed by atoms with van der Waals surface area (Å²) in [6.07, 6.45) is 1.74. The van der Waals surface area contributed by atoms with Crippen LogP contribution in [0.25, 0.3) is 6.08 Å². The first-order valence-electron chi connectivity index (χ1n) is 9.05. The monoisotopic (exact) mass is 448 g/mol. The number of aryl methyl sites for hydroxylation is 1. The van der Waals surface area contributed by atoms with Crippen molar-refractivity contribution in [3.63, 3.8) is 0 Å². The molecule has 1 aliphatic rings. The van der Waals surface area contributed by atoms with Crippen LogP contribution in [0.3, 0.4) is 0 Å². The Morgan fingerprint density at radius 2 is 1.72 bits per heavy atom. The second-order valence-electron chi connectivity index (χ2n) is 6.76. The Hall–Kier alpha value is -3.18. The Morgan fingerprint density at radius 1 is 1.00 bits per heavy atom. The van der Waals surface area contributed by atoms with Crippen LogP contribution in [-0.2, 0) is 0 Å². The number of halogens is 1. The lowest BCUT2D eigenvalue weighted by atomic mass is 10.0. The molecule has 4 rings (SSSR count). The van der Waals surface area contributed by atoms with Gasteiger partial charge in [0.15, 0.2) is 5.76 Å². The maximum Gasteiger partial charge on any atom is 0.343 e. The molecule has 0 atom stereocenters. The second-order valence-corrected chi connectivity index (χ2v) is 7.67. The van der Waals surface area contributed by atoms with E-state index < -0.39 is 5.97 Å². The van der Waals surface area contributed by atoms with Gasteiger partial charge in [-0.3, -0.25) is 4.79 Å². The van der Waals surface area contributed by atoms with Gasteiger partial charge in [0.1, 0.15) is 11.5 Å². The van der Waals surface area contributed by atoms with Gasteiger partial charge in [0.05, 0.1) is 11.1 Å². The Balaban J connectivity index is 1.62. The summed E-state index contributed by atoms with van der Waals surface area (Å²) >= 11 is 3.34. The van der Waals surface area contributed by atoms with E-state index in [1.165, 1.54) is 0 Å². The number of Topliss-reactive ketones (excluding diaryl/α,β-unsaturated/α-hetero) is 1. The van der Waals surface area contributed by atoms with Crippen molar-refractivity contribution in [2.45, 2.75) is 13.8 Å². The first-order valence-corrected chi connectivity index (χ1v) is 9.84. The molecule has 0 bridgehead atoms. The molecular weight excluding hydrogens is 432 g/mol. The molecule has 0 radical (unpaired) electrons. The van der Waals surface area contributed by atoms with Crippen molar-refractivity contribution in [3.8, 4) is 11.5 Å². The van der Waals surface area contributed by atoms with Crippen LogP contribution in [0.15, 0.2) is 70.9 Å². The van der Waals surface area contributed by atoms with E-state index in [9.17, 15) is 9.59 Å². The van der Waals surface area contributed by atoms with Crippen LogP contribution in [0.5, 0.6) is 11.5 Å². The summed E-state index contributed by atoms with van der Waals surface area (Å²) in [6, 6.07) is 17.9. The minimum atomic E-state index is -0.472. The lowest BCUT2D eigenvalue weighted by molar-refractivity contribution is 0.0733. The van der Waals surface area contributed by atoms with Crippen molar-refractivity contribution >= 4 is 33.8 Å². The number of ether oxygens (including phenoxy) is 2. The molecule has 5 heteroatoms. The summed E-state index contributed by atoms with van der Waals surface area (Å²) in [5.41, 5.74) is 3.47. The van der Waals surface area contributed by atoms with Crippen molar-refractivity contribution in [2.24, 2.45) is 0 Å². The summed E-state index contributed by atoms with van der Waals surface area (Å²) in [6.45, 7) is 3.75. The summed E-state index contributed by atoms with van der Waals surface area (Å²) < 4.78 is 12.3. The summed E-state index contributed by atoms with van der Waals surface area (Å²) in [4.78, 5) is 25.2. The normalized spacial score (nSPS) is 13.9. The van der Waals surface area contributed by atoms with E-state index >= 15 is 0 Å². The van der Waals surface area contributed by atoms with E-state index in [-0.39, 0.29) is 11.5 Å². The molecule has 0 saturated carbocycles. The van der Waals surface area contributed by atoms with Crippen LogP contribution < -0.4 is 9.47 Å². The zero-order valence-corrected chi connectivity index (χ0v) is 17.4. The van der Waals surface area contributed by atoms with E-state index in [4.69, 9.17) is 9.47 Å². The van der Waals surface area contributed by atoms with Gasteiger partial charge in [-0.25, -0.2) is 4.79 Å². The fraction of sp³-hybridized carbons (Fsp3) is 0.0833. The Labute approximate surface area is 176 Å². The van der Waals surface area contributed by atoms with Gasteiger partial charge in [-0.1, -0.05) is 40.2 Å². The Morgan fingerprint density at radius 3 is 2.45 bits per heavy atom. The van der Waals surface area contributed by atoms with Gasteiger partial charge in [-0.15, -0.1) is 0 Å². The molecule has 1 heterocycles. The molecule has 0 N–H and O–H groups in total. The fourth-order valence-corrected chi connectivity index (χ4v) is 3.38. The fourth-order valence-electron chi connectivity index (χ4n) is 3.11. The molecule has 144 valence electrons. The zero-order valence-electron chi connectivity index (χ0n) is 15.9. The number of carbonyl (C=O) groups excluding carboxylic acids is 2. The third-order valence-electron chi connectivity index (χ3n) is 4.79. The first-order chi connectivity index (χ1) is 13.9. The molecule has 0 aromatic heterocycles. The maximum absolute atomic E-state index is 12.7. The number of rotatable bonds is 3. The predicted molar refractivity (Wildman–Crippen MR) is 114 cm³/mol. The number of allylic oxidation sites excluding steroid dienone is 1. The van der Waals surface area contributed by atoms with Crippen LogP contribution >= 0.6 is 15.9 Å². The van der Waals surface area contributed by atoms with E-state index in [1.807, 2.05) is 31.2 Å². The Kier molecular flexibility index (Phi) is 5.07. The van der Waals surface area contributed by atoms with Gasteiger partial charge in [0.25, 0.3) is 0 Å². The second kappa shape index (κ2) is 7.68. The Bertz CT molecular complexity index is 1160. The molecule has 0 aliphatic carbocycles. The molecule has 0 spiro atoms. The van der Waals surface area contributed by atoms with E-state index in [1.54, 1.807) is 49.4 Å². The first kappa shape index (κ1) is 19.2. The number of benzene rings is 3. The minimum absolute atomic E-state index is 0.183. The van der Waals surface area contributed by atoms with Crippen LogP contribution in [0.2, 0.25) is 0 Å². The van der Waals surface area contributed by atoms with Gasteiger partial charge in [0, 0.05) is 10.0 Å². The number of carbonyl (C=O) groups is 2. The quantitative estimate of drug-likeness (QED) is 0.284. The third-order valence-corrected chi connectivity index (χ3v) is 5.32. The molecular formula is C24H17BrO4. The van der Waals surface area contributed by atoms with Crippen LogP contribution in [0.4, 0.5) is 0 Å². The summed E-state index contributed by atoms with van der Waals surface area (Å²) in [5, 5.41) is 0. The van der Waals surface area contributed by atoms with Crippen LogP contribution in [-0.4, -0.2) is 11.8 Å². The highest BCUT2D eigenvalue weighted by molar-refractivity contribution is 9.10. The van der Waals surface area contributed by atoms with E-state index in [2.05, 4.69) is 15.9 Å². The maximum atomic E-state index is 12.7. The standard InChI is InChI=1S/C24H17BrO4/c1-14-5-3-4-6-17(14)13-21-22(26)19-11-12-20(15(2)23(19)28-21)29-24(27)16-7-9-18(25)10-8-16/h3-13H,1-2H3/b21-13-. The topological polar surface area (TPSA) is 52.6 Å². The highest BCUT2D eigenvalue weighted by Crippen LogP contribution is 2.39. The van der Waals surface area contributed by atoms with Gasteiger partial charge >= 0.3 is 5.97 Å². The number of hydrogen-bond acceptors (Lipinski definition) is 4. The minimum Gasteiger partial charge on any atom is -0.452 e. The summed E-state index contributed by atoms with van der Waals surface area (Å²) in [7, 11) is 0. The lowest BCUT2D eigenvalue weighted by Gasteiger charge is -2.10. The average Bonchev–Trinajstić information content (AvgIpc) is 3.03. The summed E-state index contributed by atoms with van der Waals surface area (Å²) in [5.74, 6) is 0.393. The van der Waals surface area contributed by atoms with E-state index in [0.717, 1.165) is 15.6 Å². The van der Waals surface area contributed by atoms with Gasteiger partial charge in [0.2, 0.25) is 5.78 Å². The SMILES string of the molecule is Cc1ccccc1/C=C1\Oc2c(ccc(OC(=O)c3ccc(Br)cc3)c2C)C1=O. The lowest BCUT2D eigenvalue weighted by Crippen LogP contribution is -2.09. The van der Waals surface area contributed by atoms with Crippen LogP contribution in [0, 0.1) is 13.8 Å². The van der Waals surface area contributed by atoms with Gasteiger partial charge < -0.3 is 9.47 Å². The van der Waals surface area contributed by atoms with Crippen molar-refractivity contribution in [1.29, 1.82) is 0 Å². The average molecular weight is 449 g/mol. The largest absolute Gasteiger partial charge is 0.452 e. The number of ketones is 1. The molecule has 29 heavy (non-hydrogen) atoms. The molecule has 4 nitrogen and oxygen atoms in total. The molecule has 0 saturated heterocycles. The van der Waals surface area contributed by atoms with Gasteiger partial charge in [-0.2, -0.15) is 0 Å². The molecule has 0 amide bonds. The van der Waals surface area contributed by atoms with Gasteiger partial charge in [-0.05, 0) is 67.4 Å². The highest BCUT2D eigenvalue weighted by atomic mass is 79.9. The van der Waals surface area contributed by atoms with Crippen molar-refractivity contribution in [1.82, 2.24) is 0 Å². The van der Waals surface area contributed by atoms with Crippen molar-refractivity contribution < 1.29 is 19.1 Å². The molecule has 3 aromatic rings. The molecule has 0 fully saturated rings. The predicted octanol–water partition coefficient (Wildman–Crippen LogP) is 5.90. The van der Waals surface area contributed by atoms with Crippen molar-refractivity contribution in [3.05, 3.63) is 98.7 Å². The van der Waals surface area contributed by atoms with Crippen molar-refractivity contribution in [2.75, 3.05) is 0 Å². The number of esters is 1. The van der Waals surface area contributed by atoms with E-state index in [0.29, 0.717) is 28.2 Å². The number of fused-ring (bicyclic) bond motifs is 1. The smallest absolute Gasteiger partial charge is 0.343 e. The highest BCUT2D eigenvalue weighted by Gasteiger charge is 2.30. The zero-order chi connectivity index (χ0) is 20.5.